The highest BCUT2D eigenvalue weighted by molar-refractivity contribution is 5.77. The van der Waals surface area contributed by atoms with Crippen LogP contribution in [0.25, 0.3) is 11.0 Å². The second kappa shape index (κ2) is 6.03. The van der Waals surface area contributed by atoms with Crippen LogP contribution < -0.4 is 5.32 Å². The molecular weight excluding hydrogens is 226 g/mol. The van der Waals surface area contributed by atoms with Crippen molar-refractivity contribution in [2.75, 3.05) is 6.54 Å². The van der Waals surface area contributed by atoms with E-state index in [-0.39, 0.29) is 12.1 Å². The maximum atomic E-state index is 9.18. The Labute approximate surface area is 108 Å². The molecule has 3 nitrogen and oxygen atoms in total. The summed E-state index contributed by atoms with van der Waals surface area (Å²) in [6.45, 7) is 4.81. The predicted molar refractivity (Wildman–Crippen MR) is 73.5 cm³/mol. The van der Waals surface area contributed by atoms with Crippen molar-refractivity contribution < 1.29 is 9.52 Å². The number of aliphatic hydroxyl groups is 1. The van der Waals surface area contributed by atoms with E-state index in [9.17, 15) is 5.11 Å². The average molecular weight is 247 g/mol. The molecule has 0 saturated heterocycles. The number of hydrogen-bond acceptors (Lipinski definition) is 3. The van der Waals surface area contributed by atoms with E-state index in [1.165, 1.54) is 0 Å². The summed E-state index contributed by atoms with van der Waals surface area (Å²) in [5, 5.41) is 13.7. The fraction of sp³-hybridized carbons (Fsp3) is 0.467. The Morgan fingerprint density at radius 3 is 2.78 bits per heavy atom. The molecule has 0 radical (unpaired) electrons. The van der Waals surface area contributed by atoms with Gasteiger partial charge >= 0.3 is 0 Å². The lowest BCUT2D eigenvalue weighted by Gasteiger charge is -2.11. The van der Waals surface area contributed by atoms with Crippen LogP contribution >= 0.6 is 0 Å². The third-order valence-corrected chi connectivity index (χ3v) is 3.12. The first kappa shape index (κ1) is 13.1. The molecule has 2 rings (SSSR count). The summed E-state index contributed by atoms with van der Waals surface area (Å²) in [5.74, 6) is 0.966. The molecule has 2 N–H and O–H groups in total. The van der Waals surface area contributed by atoms with Crippen LogP contribution in [0.1, 0.15) is 38.5 Å². The van der Waals surface area contributed by atoms with Gasteiger partial charge in [0.2, 0.25) is 0 Å². The highest BCUT2D eigenvalue weighted by Crippen LogP contribution is 2.23. The largest absolute Gasteiger partial charge is 0.459 e. The molecule has 0 aliphatic heterocycles. The molecule has 1 aromatic heterocycles. The van der Waals surface area contributed by atoms with Crippen molar-refractivity contribution in [3.05, 3.63) is 36.1 Å². The lowest BCUT2D eigenvalue weighted by Crippen LogP contribution is -2.20. The SMILES string of the molecule is CC(O)CCCNC(C)c1cc2ccccc2o1. The van der Waals surface area contributed by atoms with Gasteiger partial charge in [0.15, 0.2) is 0 Å². The van der Waals surface area contributed by atoms with Gasteiger partial charge in [-0.2, -0.15) is 0 Å². The number of para-hydroxylation sites is 1. The van der Waals surface area contributed by atoms with Crippen LogP contribution in [0.15, 0.2) is 34.7 Å². The van der Waals surface area contributed by atoms with Gasteiger partial charge in [0, 0.05) is 5.39 Å². The van der Waals surface area contributed by atoms with Gasteiger partial charge in [-0.15, -0.1) is 0 Å². The molecular formula is C15H21NO2. The van der Waals surface area contributed by atoms with Crippen LogP contribution in [0.3, 0.4) is 0 Å². The van der Waals surface area contributed by atoms with Crippen molar-refractivity contribution in [3.8, 4) is 0 Å². The summed E-state index contributed by atoms with van der Waals surface area (Å²) in [4.78, 5) is 0. The zero-order chi connectivity index (χ0) is 13.0. The van der Waals surface area contributed by atoms with Gasteiger partial charge in [-0.1, -0.05) is 18.2 Å². The molecule has 18 heavy (non-hydrogen) atoms. The second-order valence-corrected chi connectivity index (χ2v) is 4.85. The fourth-order valence-corrected chi connectivity index (χ4v) is 2.03. The Morgan fingerprint density at radius 2 is 2.06 bits per heavy atom. The minimum atomic E-state index is -0.215. The van der Waals surface area contributed by atoms with Gasteiger partial charge in [-0.05, 0) is 45.4 Å². The molecule has 0 aliphatic rings. The minimum Gasteiger partial charge on any atom is -0.459 e. The number of furan rings is 1. The van der Waals surface area contributed by atoms with Crippen molar-refractivity contribution >= 4 is 11.0 Å². The molecule has 0 aliphatic carbocycles. The van der Waals surface area contributed by atoms with Crippen molar-refractivity contribution in [3.63, 3.8) is 0 Å². The van der Waals surface area contributed by atoms with Gasteiger partial charge in [0.1, 0.15) is 11.3 Å². The standard InChI is InChI=1S/C15H21NO2/c1-11(17)6-5-9-16-12(2)15-10-13-7-3-4-8-14(13)18-15/h3-4,7-8,10-12,16-17H,5-6,9H2,1-2H3. The van der Waals surface area contributed by atoms with E-state index >= 15 is 0 Å². The molecule has 0 amide bonds. The predicted octanol–water partition coefficient (Wildman–Crippen LogP) is 3.24. The Kier molecular flexibility index (Phi) is 4.39. The maximum absolute atomic E-state index is 9.18. The lowest BCUT2D eigenvalue weighted by atomic mass is 10.2. The molecule has 1 heterocycles. The highest BCUT2D eigenvalue weighted by atomic mass is 16.3. The van der Waals surface area contributed by atoms with Crippen molar-refractivity contribution in [1.82, 2.24) is 5.32 Å². The van der Waals surface area contributed by atoms with Crippen LogP contribution in [-0.4, -0.2) is 17.8 Å². The zero-order valence-corrected chi connectivity index (χ0v) is 11.0. The zero-order valence-electron chi connectivity index (χ0n) is 11.0. The number of aliphatic hydroxyl groups excluding tert-OH is 1. The highest BCUT2D eigenvalue weighted by Gasteiger charge is 2.10. The molecule has 2 aromatic rings. The Hall–Kier alpha value is -1.32. The summed E-state index contributed by atoms with van der Waals surface area (Å²) in [7, 11) is 0. The number of rotatable bonds is 6. The minimum absolute atomic E-state index is 0.200. The topological polar surface area (TPSA) is 45.4 Å². The Balaban J connectivity index is 1.90. The first-order valence-corrected chi connectivity index (χ1v) is 6.57. The number of benzene rings is 1. The summed E-state index contributed by atoms with van der Waals surface area (Å²) >= 11 is 0. The summed E-state index contributed by atoms with van der Waals surface area (Å²) in [5.41, 5.74) is 0.935. The maximum Gasteiger partial charge on any atom is 0.134 e. The Morgan fingerprint density at radius 1 is 1.28 bits per heavy atom. The monoisotopic (exact) mass is 247 g/mol. The van der Waals surface area contributed by atoms with Crippen LogP contribution in [-0.2, 0) is 0 Å². The third kappa shape index (κ3) is 3.34. The van der Waals surface area contributed by atoms with Gasteiger partial charge in [0.05, 0.1) is 12.1 Å². The second-order valence-electron chi connectivity index (χ2n) is 4.85. The Bertz CT molecular complexity index is 457. The molecule has 2 atom stereocenters. The number of fused-ring (bicyclic) bond motifs is 1. The van der Waals surface area contributed by atoms with Crippen LogP contribution in [0, 0.1) is 0 Å². The normalized spacial score (nSPS) is 14.8. The van der Waals surface area contributed by atoms with Gasteiger partial charge in [-0.3, -0.25) is 0 Å². The molecule has 3 heteroatoms. The summed E-state index contributed by atoms with van der Waals surface area (Å²) in [6.07, 6.45) is 1.59. The lowest BCUT2D eigenvalue weighted by molar-refractivity contribution is 0.181. The van der Waals surface area contributed by atoms with Crippen LogP contribution in [0.5, 0.6) is 0 Å². The molecule has 2 unspecified atom stereocenters. The number of hydrogen-bond donors (Lipinski definition) is 2. The summed E-state index contributed by atoms with van der Waals surface area (Å²) < 4.78 is 5.80. The quantitative estimate of drug-likeness (QED) is 0.770. The average Bonchev–Trinajstić information content (AvgIpc) is 2.78. The first-order valence-electron chi connectivity index (χ1n) is 6.57. The molecule has 0 spiro atoms. The number of nitrogens with one attached hydrogen (secondary N) is 1. The third-order valence-electron chi connectivity index (χ3n) is 3.12. The molecule has 98 valence electrons. The van der Waals surface area contributed by atoms with Crippen LogP contribution in [0.2, 0.25) is 0 Å². The van der Waals surface area contributed by atoms with Gasteiger partial charge < -0.3 is 14.8 Å². The van der Waals surface area contributed by atoms with E-state index < -0.39 is 0 Å². The molecule has 0 fully saturated rings. The fourth-order valence-electron chi connectivity index (χ4n) is 2.03. The van der Waals surface area contributed by atoms with Crippen LogP contribution in [0.4, 0.5) is 0 Å². The molecule has 1 aromatic carbocycles. The van der Waals surface area contributed by atoms with E-state index in [0.29, 0.717) is 0 Å². The van der Waals surface area contributed by atoms with Gasteiger partial charge in [0.25, 0.3) is 0 Å². The smallest absolute Gasteiger partial charge is 0.134 e. The van der Waals surface area contributed by atoms with Crippen molar-refractivity contribution in [1.29, 1.82) is 0 Å². The molecule has 0 bridgehead atoms. The van der Waals surface area contributed by atoms with Crippen molar-refractivity contribution in [2.24, 2.45) is 0 Å². The van der Waals surface area contributed by atoms with E-state index in [0.717, 1.165) is 36.1 Å². The van der Waals surface area contributed by atoms with Gasteiger partial charge in [-0.25, -0.2) is 0 Å². The van der Waals surface area contributed by atoms with E-state index in [1.807, 2.05) is 25.1 Å². The molecule has 0 saturated carbocycles. The van der Waals surface area contributed by atoms with E-state index in [2.05, 4.69) is 24.4 Å². The first-order chi connectivity index (χ1) is 8.66. The van der Waals surface area contributed by atoms with E-state index in [1.54, 1.807) is 0 Å². The van der Waals surface area contributed by atoms with E-state index in [4.69, 9.17) is 4.42 Å². The summed E-state index contributed by atoms with van der Waals surface area (Å²) in [6, 6.07) is 10.3. The van der Waals surface area contributed by atoms with Crippen molar-refractivity contribution in [2.45, 2.75) is 38.8 Å².